The number of aromatic nitrogens is 3. The second-order valence-corrected chi connectivity index (χ2v) is 8.60. The van der Waals surface area contributed by atoms with E-state index in [9.17, 15) is 9.59 Å². The first-order valence-electron chi connectivity index (χ1n) is 9.64. The van der Waals surface area contributed by atoms with E-state index in [1.165, 1.54) is 24.5 Å². The second-order valence-electron chi connectivity index (χ2n) is 7.16. The van der Waals surface area contributed by atoms with Crippen molar-refractivity contribution >= 4 is 61.5 Å². The van der Waals surface area contributed by atoms with E-state index in [1.807, 2.05) is 25.1 Å². The number of methoxy groups -OCH3 is 1. The first-order valence-corrected chi connectivity index (χ1v) is 10.8. The zero-order chi connectivity index (χ0) is 22.4. The van der Waals surface area contributed by atoms with Crippen LogP contribution in [0, 0.1) is 0 Å². The lowest BCUT2D eigenvalue weighted by Gasteiger charge is -2.10. The van der Waals surface area contributed by atoms with Crippen LogP contribution in [0.4, 0.5) is 5.69 Å². The Kier molecular flexibility index (Phi) is 5.03. The summed E-state index contributed by atoms with van der Waals surface area (Å²) in [4.78, 5) is 37.4. The molecule has 0 fully saturated rings. The minimum atomic E-state index is -0.727. The van der Waals surface area contributed by atoms with Gasteiger partial charge in [-0.3, -0.25) is 4.79 Å². The number of anilines is 1. The summed E-state index contributed by atoms with van der Waals surface area (Å²) < 4.78 is 11.3. The molecule has 0 saturated carbocycles. The standard InChI is InChI=1S/C21H16ClN5O4S/c1-9-8-23-17-16-10-3-6-14(31-15-7-13(22)26-19(27-15)21(29)30-2)25-11(10)4-5-12(16)32-18(17)20(28)24-9/h3-7,9,23H,8H2,1-2H3,(H,24,28)/t9-/m1/s1. The van der Waals surface area contributed by atoms with E-state index in [1.54, 1.807) is 6.07 Å². The molecule has 11 heteroatoms. The van der Waals surface area contributed by atoms with Crippen LogP contribution >= 0.6 is 22.9 Å². The minimum Gasteiger partial charge on any atom is -0.463 e. The summed E-state index contributed by atoms with van der Waals surface area (Å²) in [7, 11) is 1.23. The number of benzene rings is 1. The fourth-order valence-electron chi connectivity index (χ4n) is 3.50. The van der Waals surface area contributed by atoms with Crippen molar-refractivity contribution in [3.63, 3.8) is 0 Å². The average molecular weight is 470 g/mol. The molecule has 1 atom stereocenters. The van der Waals surface area contributed by atoms with Crippen LogP contribution in [0.2, 0.25) is 5.15 Å². The molecule has 5 rings (SSSR count). The summed E-state index contributed by atoms with van der Waals surface area (Å²) in [6, 6.07) is 8.78. The largest absolute Gasteiger partial charge is 0.463 e. The Balaban J connectivity index is 1.56. The van der Waals surface area contributed by atoms with E-state index in [4.69, 9.17) is 16.3 Å². The molecule has 4 aromatic rings. The second kappa shape index (κ2) is 7.88. The van der Waals surface area contributed by atoms with Crippen LogP contribution in [0.15, 0.2) is 30.3 Å². The SMILES string of the molecule is COC(=O)c1nc(Cl)cc(Oc2ccc3c(ccc4sc5c(c43)NC[C@@H](C)NC5=O)n2)n1. The zero-order valence-electron chi connectivity index (χ0n) is 16.9. The molecule has 0 aliphatic carbocycles. The predicted octanol–water partition coefficient (Wildman–Crippen LogP) is 4.02. The van der Waals surface area contributed by atoms with Gasteiger partial charge in [0.1, 0.15) is 10.0 Å². The molecular weight excluding hydrogens is 454 g/mol. The van der Waals surface area contributed by atoms with E-state index in [0.29, 0.717) is 16.9 Å². The lowest BCUT2D eigenvalue weighted by Crippen LogP contribution is -2.34. The van der Waals surface area contributed by atoms with Gasteiger partial charge >= 0.3 is 5.97 Å². The molecule has 1 aliphatic rings. The minimum absolute atomic E-state index is 0.0276. The number of nitrogens with one attached hydrogen (secondary N) is 2. The number of fused-ring (bicyclic) bond motifs is 5. The van der Waals surface area contributed by atoms with Crippen LogP contribution in [0.25, 0.3) is 21.0 Å². The Morgan fingerprint density at radius 3 is 2.84 bits per heavy atom. The number of pyridine rings is 1. The van der Waals surface area contributed by atoms with Gasteiger partial charge in [-0.2, -0.15) is 4.98 Å². The van der Waals surface area contributed by atoms with Crippen molar-refractivity contribution in [2.45, 2.75) is 13.0 Å². The van der Waals surface area contributed by atoms with Gasteiger partial charge in [0.15, 0.2) is 0 Å². The van der Waals surface area contributed by atoms with E-state index in [-0.39, 0.29) is 34.7 Å². The highest BCUT2D eigenvalue weighted by Crippen LogP contribution is 2.41. The highest BCUT2D eigenvalue weighted by molar-refractivity contribution is 7.21. The number of nitrogens with zero attached hydrogens (tertiary/aromatic N) is 3. The molecule has 1 aliphatic heterocycles. The van der Waals surface area contributed by atoms with Gasteiger partial charge in [0.05, 0.1) is 18.3 Å². The fraction of sp³-hybridized carbons (Fsp3) is 0.190. The number of carbonyl (C=O) groups is 2. The van der Waals surface area contributed by atoms with Gasteiger partial charge < -0.3 is 20.1 Å². The summed E-state index contributed by atoms with van der Waals surface area (Å²) in [5.41, 5.74) is 1.50. The lowest BCUT2D eigenvalue weighted by molar-refractivity contribution is 0.0585. The smallest absolute Gasteiger partial charge is 0.376 e. The Morgan fingerprint density at radius 1 is 1.19 bits per heavy atom. The Morgan fingerprint density at radius 2 is 2.03 bits per heavy atom. The third-order valence-corrected chi connectivity index (χ3v) is 6.26. The first-order chi connectivity index (χ1) is 15.4. The van der Waals surface area contributed by atoms with Gasteiger partial charge in [0.25, 0.3) is 5.91 Å². The Bertz CT molecular complexity index is 1410. The van der Waals surface area contributed by atoms with Gasteiger partial charge in [-0.15, -0.1) is 11.3 Å². The van der Waals surface area contributed by atoms with Gasteiger partial charge in [0.2, 0.25) is 17.6 Å². The number of halogens is 1. The zero-order valence-corrected chi connectivity index (χ0v) is 18.5. The number of hydrogen-bond acceptors (Lipinski definition) is 9. The summed E-state index contributed by atoms with van der Waals surface area (Å²) in [6.07, 6.45) is 0. The van der Waals surface area contributed by atoms with Crippen LogP contribution < -0.4 is 15.4 Å². The van der Waals surface area contributed by atoms with Crippen molar-refractivity contribution in [3.05, 3.63) is 46.2 Å². The summed E-state index contributed by atoms with van der Waals surface area (Å²) in [5.74, 6) is -0.688. The molecule has 4 heterocycles. The van der Waals surface area contributed by atoms with Crippen LogP contribution in [-0.4, -0.2) is 46.5 Å². The maximum Gasteiger partial charge on any atom is 0.376 e. The van der Waals surface area contributed by atoms with Crippen molar-refractivity contribution in [1.29, 1.82) is 0 Å². The lowest BCUT2D eigenvalue weighted by atomic mass is 10.1. The maximum absolute atomic E-state index is 12.6. The third kappa shape index (κ3) is 3.57. The van der Waals surface area contributed by atoms with E-state index in [2.05, 4.69) is 30.3 Å². The highest BCUT2D eigenvalue weighted by atomic mass is 35.5. The molecule has 0 spiro atoms. The molecule has 32 heavy (non-hydrogen) atoms. The molecule has 0 radical (unpaired) electrons. The number of thiophene rings is 1. The number of amides is 1. The molecule has 1 amide bonds. The van der Waals surface area contributed by atoms with Crippen molar-refractivity contribution < 1.29 is 19.1 Å². The molecule has 0 bridgehead atoms. The molecule has 2 N–H and O–H groups in total. The monoisotopic (exact) mass is 469 g/mol. The van der Waals surface area contributed by atoms with E-state index < -0.39 is 5.97 Å². The number of hydrogen-bond donors (Lipinski definition) is 2. The summed E-state index contributed by atoms with van der Waals surface area (Å²) in [6.45, 7) is 2.59. The van der Waals surface area contributed by atoms with Crippen molar-refractivity contribution in [2.75, 3.05) is 19.0 Å². The Labute approximate surface area is 190 Å². The van der Waals surface area contributed by atoms with Crippen LogP contribution in [0.5, 0.6) is 11.8 Å². The highest BCUT2D eigenvalue weighted by Gasteiger charge is 2.25. The summed E-state index contributed by atoms with van der Waals surface area (Å²) >= 11 is 7.41. The van der Waals surface area contributed by atoms with Crippen molar-refractivity contribution in [2.24, 2.45) is 0 Å². The van der Waals surface area contributed by atoms with Gasteiger partial charge in [-0.25, -0.2) is 14.8 Å². The van der Waals surface area contributed by atoms with Gasteiger partial charge in [-0.1, -0.05) is 11.6 Å². The van der Waals surface area contributed by atoms with Crippen LogP contribution in [0.1, 0.15) is 27.2 Å². The van der Waals surface area contributed by atoms with Gasteiger partial charge in [0, 0.05) is 40.2 Å². The molecule has 3 aromatic heterocycles. The number of rotatable bonds is 3. The normalized spacial score (nSPS) is 15.6. The number of ether oxygens (including phenoxy) is 2. The third-order valence-electron chi connectivity index (χ3n) is 4.91. The maximum atomic E-state index is 12.6. The Hall–Kier alpha value is -3.50. The topological polar surface area (TPSA) is 115 Å². The molecule has 0 saturated heterocycles. The predicted molar refractivity (Wildman–Crippen MR) is 121 cm³/mol. The van der Waals surface area contributed by atoms with E-state index in [0.717, 1.165) is 21.2 Å². The molecule has 9 nitrogen and oxygen atoms in total. The molecule has 1 aromatic carbocycles. The van der Waals surface area contributed by atoms with Crippen molar-refractivity contribution in [1.82, 2.24) is 20.3 Å². The quantitative estimate of drug-likeness (QED) is 0.341. The number of esters is 1. The van der Waals surface area contributed by atoms with Crippen LogP contribution in [0.3, 0.4) is 0 Å². The fourth-order valence-corrected chi connectivity index (χ4v) is 4.77. The first kappa shape index (κ1) is 20.4. The average Bonchev–Trinajstić information content (AvgIpc) is 3.09. The van der Waals surface area contributed by atoms with Gasteiger partial charge in [-0.05, 0) is 25.1 Å². The number of carbonyl (C=O) groups excluding carboxylic acids is 2. The summed E-state index contributed by atoms with van der Waals surface area (Å²) in [5, 5.41) is 8.25. The molecule has 0 unspecified atom stereocenters. The molecule has 162 valence electrons. The van der Waals surface area contributed by atoms with E-state index >= 15 is 0 Å². The van der Waals surface area contributed by atoms with Crippen LogP contribution in [-0.2, 0) is 4.74 Å². The van der Waals surface area contributed by atoms with Crippen molar-refractivity contribution in [3.8, 4) is 11.8 Å². The molecular formula is C21H16ClN5O4S.